The summed E-state index contributed by atoms with van der Waals surface area (Å²) < 4.78 is 13.5. The Kier molecular flexibility index (Phi) is 6.13. The van der Waals surface area contributed by atoms with Crippen molar-refractivity contribution in [1.29, 1.82) is 0 Å². The van der Waals surface area contributed by atoms with E-state index in [9.17, 15) is 0 Å². The molecule has 4 aromatic rings. The summed E-state index contributed by atoms with van der Waals surface area (Å²) >= 11 is 5.91. The van der Waals surface area contributed by atoms with Crippen molar-refractivity contribution in [2.24, 2.45) is 0 Å². The fourth-order valence-corrected chi connectivity index (χ4v) is 5.22. The first-order valence-electron chi connectivity index (χ1n) is 11.4. The van der Waals surface area contributed by atoms with Crippen molar-refractivity contribution in [3.8, 4) is 17.2 Å². The zero-order chi connectivity index (χ0) is 24.5. The molecular weight excluding hydrogens is 458 g/mol. The summed E-state index contributed by atoms with van der Waals surface area (Å²) in [5.41, 5.74) is 6.12. The lowest BCUT2D eigenvalue weighted by atomic mass is 9.96. The van der Waals surface area contributed by atoms with Crippen LogP contribution in [0.3, 0.4) is 0 Å². The zero-order valence-corrected chi connectivity index (χ0v) is 20.9. The summed E-state index contributed by atoms with van der Waals surface area (Å²) in [6.45, 7) is 4.24. The van der Waals surface area contributed by atoms with Gasteiger partial charge in [-0.1, -0.05) is 6.07 Å². The Balaban J connectivity index is 1.72. The monoisotopic (exact) mass is 485 g/mol. The average molecular weight is 486 g/mol. The number of aryl methyl sites for hydroxylation is 1. The minimum Gasteiger partial charge on any atom is -0.497 e. The number of nitrogens with zero attached hydrogens (tertiary/aromatic N) is 4. The number of nitrogens with one attached hydrogen (secondary N) is 1. The number of ether oxygens (including phenoxy) is 2. The van der Waals surface area contributed by atoms with Gasteiger partial charge in [0.25, 0.3) is 0 Å². The maximum atomic E-state index is 5.91. The number of benzene rings is 1. The minimum absolute atomic E-state index is 0.164. The number of pyridine rings is 2. The molecule has 3 aromatic heterocycles. The Morgan fingerprint density at radius 1 is 0.971 bits per heavy atom. The molecule has 0 spiro atoms. The first kappa shape index (κ1) is 22.9. The van der Waals surface area contributed by atoms with Crippen LogP contribution in [0.2, 0.25) is 0 Å². The van der Waals surface area contributed by atoms with Crippen molar-refractivity contribution in [2.75, 3.05) is 19.1 Å². The Morgan fingerprint density at radius 3 is 2.51 bits per heavy atom. The number of rotatable bonds is 6. The summed E-state index contributed by atoms with van der Waals surface area (Å²) in [4.78, 5) is 11.1. The third-order valence-electron chi connectivity index (χ3n) is 6.44. The van der Waals surface area contributed by atoms with Crippen LogP contribution in [0.25, 0.3) is 5.69 Å². The van der Waals surface area contributed by atoms with E-state index in [1.54, 1.807) is 20.4 Å². The van der Waals surface area contributed by atoms with Crippen molar-refractivity contribution in [2.45, 2.75) is 25.9 Å². The van der Waals surface area contributed by atoms with Gasteiger partial charge in [0.2, 0.25) is 0 Å². The minimum atomic E-state index is -0.171. The van der Waals surface area contributed by atoms with Gasteiger partial charge in [-0.3, -0.25) is 9.97 Å². The van der Waals surface area contributed by atoms with Crippen LogP contribution in [0.1, 0.15) is 34.7 Å². The molecule has 0 radical (unpaired) electrons. The second-order valence-corrected chi connectivity index (χ2v) is 8.79. The van der Waals surface area contributed by atoms with Crippen LogP contribution in [0.5, 0.6) is 11.5 Å². The van der Waals surface area contributed by atoms with Crippen LogP contribution < -0.4 is 19.7 Å². The molecule has 0 amide bonds. The Morgan fingerprint density at radius 2 is 1.83 bits per heavy atom. The van der Waals surface area contributed by atoms with Crippen molar-refractivity contribution in [3.63, 3.8) is 0 Å². The molecule has 4 heterocycles. The lowest BCUT2D eigenvalue weighted by molar-refractivity contribution is 0.403. The molecule has 1 aliphatic heterocycles. The molecule has 1 N–H and O–H groups in total. The Labute approximate surface area is 210 Å². The number of methoxy groups -OCH3 is 2. The largest absolute Gasteiger partial charge is 0.497 e. The molecule has 178 valence electrons. The number of anilines is 1. The van der Waals surface area contributed by atoms with Gasteiger partial charge >= 0.3 is 0 Å². The molecule has 35 heavy (non-hydrogen) atoms. The Bertz CT molecular complexity index is 1360. The van der Waals surface area contributed by atoms with E-state index in [0.717, 1.165) is 39.8 Å². The van der Waals surface area contributed by atoms with Crippen LogP contribution in [0.15, 0.2) is 73.2 Å². The topological polar surface area (TPSA) is 64.4 Å². The van der Waals surface area contributed by atoms with Gasteiger partial charge in [0.1, 0.15) is 11.5 Å². The lowest BCUT2D eigenvalue weighted by Gasteiger charge is -2.29. The van der Waals surface area contributed by atoms with Gasteiger partial charge in [0.15, 0.2) is 5.11 Å². The highest BCUT2D eigenvalue weighted by Crippen LogP contribution is 2.47. The van der Waals surface area contributed by atoms with E-state index in [1.807, 2.05) is 54.9 Å². The SMILES string of the molecule is COc1ccc(OC)c(N2C(=S)N[C@@H](c3ccccn3)[C@@H]2c2cc(C)n(-c3cccnc3)c2C)c1. The Hall–Kier alpha value is -3.91. The summed E-state index contributed by atoms with van der Waals surface area (Å²) in [6.07, 6.45) is 5.47. The predicted octanol–water partition coefficient (Wildman–Crippen LogP) is 5.08. The van der Waals surface area contributed by atoms with Crippen LogP contribution in [0, 0.1) is 13.8 Å². The van der Waals surface area contributed by atoms with E-state index in [0.29, 0.717) is 10.9 Å². The standard InChI is InChI=1S/C27H27N5O2S/c1-17-14-21(18(2)31(17)19-8-7-12-28-16-19)26-25(22-9-5-6-13-29-22)30-27(35)32(26)23-15-20(33-3)10-11-24(23)34-4/h5-16,25-26H,1-4H3,(H,30,35)/t25-,26-/m0/s1. The molecule has 2 atom stereocenters. The number of hydrogen-bond acceptors (Lipinski definition) is 5. The van der Waals surface area contributed by atoms with Gasteiger partial charge < -0.3 is 24.3 Å². The van der Waals surface area contributed by atoms with E-state index in [2.05, 4.69) is 50.7 Å². The molecule has 8 heteroatoms. The van der Waals surface area contributed by atoms with Gasteiger partial charge in [-0.2, -0.15) is 0 Å². The molecule has 1 aromatic carbocycles. The summed E-state index contributed by atoms with van der Waals surface area (Å²) in [7, 11) is 3.32. The fourth-order valence-electron chi connectivity index (χ4n) is 4.89. The molecule has 1 aliphatic rings. The van der Waals surface area contributed by atoms with E-state index in [-0.39, 0.29) is 12.1 Å². The highest BCUT2D eigenvalue weighted by molar-refractivity contribution is 7.80. The molecule has 1 saturated heterocycles. The normalized spacial score (nSPS) is 17.4. The van der Waals surface area contributed by atoms with Crippen LogP contribution >= 0.6 is 12.2 Å². The van der Waals surface area contributed by atoms with Crippen molar-refractivity contribution < 1.29 is 9.47 Å². The highest BCUT2D eigenvalue weighted by atomic mass is 32.1. The van der Waals surface area contributed by atoms with Gasteiger partial charge in [-0.05, 0) is 74.1 Å². The van der Waals surface area contributed by atoms with Crippen LogP contribution in [-0.4, -0.2) is 33.9 Å². The summed E-state index contributed by atoms with van der Waals surface area (Å²) in [5.74, 6) is 1.44. The number of thiocarbonyl (C=S) groups is 1. The zero-order valence-electron chi connectivity index (χ0n) is 20.1. The molecule has 7 nitrogen and oxygen atoms in total. The van der Waals surface area contributed by atoms with Crippen molar-refractivity contribution in [3.05, 3.63) is 95.8 Å². The van der Waals surface area contributed by atoms with Gasteiger partial charge in [0.05, 0.1) is 49.6 Å². The lowest BCUT2D eigenvalue weighted by Crippen LogP contribution is -2.30. The van der Waals surface area contributed by atoms with E-state index in [1.165, 1.54) is 0 Å². The smallest absolute Gasteiger partial charge is 0.174 e. The third kappa shape index (κ3) is 4.00. The van der Waals surface area contributed by atoms with Crippen molar-refractivity contribution >= 4 is 23.0 Å². The maximum absolute atomic E-state index is 5.91. The second-order valence-electron chi connectivity index (χ2n) is 8.41. The molecule has 0 aliphatic carbocycles. The van der Waals surface area contributed by atoms with Gasteiger partial charge in [0, 0.05) is 29.8 Å². The van der Waals surface area contributed by atoms with E-state index < -0.39 is 0 Å². The van der Waals surface area contributed by atoms with Crippen LogP contribution in [0.4, 0.5) is 5.69 Å². The molecule has 0 saturated carbocycles. The van der Waals surface area contributed by atoms with Crippen LogP contribution in [-0.2, 0) is 0 Å². The summed E-state index contributed by atoms with van der Waals surface area (Å²) in [5, 5.41) is 4.13. The van der Waals surface area contributed by atoms with Gasteiger partial charge in [-0.15, -0.1) is 0 Å². The average Bonchev–Trinajstić information content (AvgIpc) is 3.39. The third-order valence-corrected chi connectivity index (χ3v) is 6.75. The molecule has 5 rings (SSSR count). The molecular formula is C27H27N5O2S. The van der Waals surface area contributed by atoms with E-state index >= 15 is 0 Å². The maximum Gasteiger partial charge on any atom is 0.174 e. The molecule has 1 fully saturated rings. The first-order valence-corrected chi connectivity index (χ1v) is 11.8. The quantitative estimate of drug-likeness (QED) is 0.382. The first-order chi connectivity index (χ1) is 17.0. The highest BCUT2D eigenvalue weighted by Gasteiger charge is 2.43. The molecule has 0 unspecified atom stereocenters. The number of hydrogen-bond donors (Lipinski definition) is 1. The predicted molar refractivity (Wildman–Crippen MR) is 141 cm³/mol. The fraction of sp³-hybridized carbons (Fsp3) is 0.222. The number of aromatic nitrogens is 3. The second kappa shape index (κ2) is 9.38. The van der Waals surface area contributed by atoms with Crippen molar-refractivity contribution in [1.82, 2.24) is 19.9 Å². The van der Waals surface area contributed by atoms with Gasteiger partial charge in [-0.25, -0.2) is 0 Å². The molecule has 0 bridgehead atoms. The van der Waals surface area contributed by atoms with E-state index in [4.69, 9.17) is 21.7 Å². The summed E-state index contributed by atoms with van der Waals surface area (Å²) in [6, 6.07) is 17.6.